The largest absolute Gasteiger partial charge is 0.331 e. The highest BCUT2D eigenvalue weighted by Crippen LogP contribution is 2.36. The Morgan fingerprint density at radius 2 is 1.95 bits per heavy atom. The third-order valence-corrected chi connectivity index (χ3v) is 6.87. The number of hydrogen-bond donors (Lipinski definition) is 0. The molecule has 0 spiro atoms. The fourth-order valence-corrected chi connectivity index (χ4v) is 4.25. The minimum Gasteiger partial charge on any atom is -0.331 e. The lowest BCUT2D eigenvalue weighted by molar-refractivity contribution is 0.0735. The minimum atomic E-state index is 0.101. The van der Waals surface area contributed by atoms with Crippen LogP contribution in [-0.2, 0) is 6.54 Å². The summed E-state index contributed by atoms with van der Waals surface area (Å²) in [6.07, 6.45) is 2.18. The molecule has 0 aliphatic heterocycles. The summed E-state index contributed by atoms with van der Waals surface area (Å²) in [7, 11) is 0. The molecule has 0 radical (unpaired) electrons. The molecule has 0 bridgehead atoms. The van der Waals surface area contributed by atoms with Crippen molar-refractivity contribution in [1.29, 1.82) is 0 Å². The predicted molar refractivity (Wildman–Crippen MR) is 94.1 cm³/mol. The van der Waals surface area contributed by atoms with Crippen molar-refractivity contribution in [3.63, 3.8) is 0 Å². The molecule has 0 unspecified atom stereocenters. The van der Waals surface area contributed by atoms with E-state index in [2.05, 4.69) is 31.9 Å². The number of hydrogen-bond acceptors (Lipinski definition) is 2. The van der Waals surface area contributed by atoms with Gasteiger partial charge in [-0.2, -0.15) is 0 Å². The maximum atomic E-state index is 12.7. The zero-order valence-corrected chi connectivity index (χ0v) is 15.7. The standard InChI is InChI=1S/C15H12Br2ClNOS/c16-12-7-13(21-14(12)17)15(20)19(11-5-6-11)8-9-1-3-10(18)4-2-9/h1-4,7,11H,5-6,8H2. The summed E-state index contributed by atoms with van der Waals surface area (Å²) in [5.41, 5.74) is 1.11. The molecular formula is C15H12Br2ClNOS. The molecule has 6 heteroatoms. The van der Waals surface area contributed by atoms with Gasteiger partial charge < -0.3 is 4.90 Å². The van der Waals surface area contributed by atoms with Gasteiger partial charge in [-0.05, 0) is 68.5 Å². The van der Waals surface area contributed by atoms with Crippen molar-refractivity contribution in [2.45, 2.75) is 25.4 Å². The summed E-state index contributed by atoms with van der Waals surface area (Å²) in [6, 6.07) is 9.94. The van der Waals surface area contributed by atoms with Crippen LogP contribution < -0.4 is 0 Å². The smallest absolute Gasteiger partial charge is 0.264 e. The first-order chi connectivity index (χ1) is 10.0. The van der Waals surface area contributed by atoms with Crippen LogP contribution in [0.4, 0.5) is 0 Å². The van der Waals surface area contributed by atoms with Gasteiger partial charge >= 0.3 is 0 Å². The van der Waals surface area contributed by atoms with E-state index in [1.807, 2.05) is 35.2 Å². The molecule has 1 fully saturated rings. The topological polar surface area (TPSA) is 20.3 Å². The van der Waals surface area contributed by atoms with Crippen LogP contribution in [0.2, 0.25) is 5.02 Å². The summed E-state index contributed by atoms with van der Waals surface area (Å²) in [4.78, 5) is 15.5. The Bertz CT molecular complexity index is 647. The van der Waals surface area contributed by atoms with Gasteiger partial charge in [0.2, 0.25) is 0 Å². The molecule has 1 aliphatic rings. The van der Waals surface area contributed by atoms with Crippen LogP contribution >= 0.6 is 54.8 Å². The van der Waals surface area contributed by atoms with Gasteiger partial charge in [-0.1, -0.05) is 23.7 Å². The summed E-state index contributed by atoms with van der Waals surface area (Å²) in [5.74, 6) is 0.101. The highest BCUT2D eigenvalue weighted by Gasteiger charge is 2.33. The third kappa shape index (κ3) is 3.70. The van der Waals surface area contributed by atoms with Crippen molar-refractivity contribution >= 4 is 60.7 Å². The second-order valence-corrected chi connectivity index (χ2v) is 8.68. The van der Waals surface area contributed by atoms with Crippen molar-refractivity contribution in [2.75, 3.05) is 0 Å². The molecule has 2 aromatic rings. The Morgan fingerprint density at radius 1 is 1.29 bits per heavy atom. The number of carbonyl (C=O) groups excluding carboxylic acids is 1. The van der Waals surface area contributed by atoms with E-state index in [1.165, 1.54) is 11.3 Å². The summed E-state index contributed by atoms with van der Waals surface area (Å²) >= 11 is 14.3. The van der Waals surface area contributed by atoms with Crippen LogP contribution in [0.15, 0.2) is 38.6 Å². The van der Waals surface area contributed by atoms with Gasteiger partial charge in [0.25, 0.3) is 5.91 Å². The van der Waals surface area contributed by atoms with Crippen LogP contribution in [0.3, 0.4) is 0 Å². The van der Waals surface area contributed by atoms with E-state index < -0.39 is 0 Å². The van der Waals surface area contributed by atoms with Crippen LogP contribution in [0.5, 0.6) is 0 Å². The lowest BCUT2D eigenvalue weighted by atomic mass is 10.2. The van der Waals surface area contributed by atoms with E-state index in [1.54, 1.807) is 0 Å². The lowest BCUT2D eigenvalue weighted by Crippen LogP contribution is -2.32. The molecule has 1 aliphatic carbocycles. The molecule has 1 aromatic carbocycles. The maximum absolute atomic E-state index is 12.7. The average molecular weight is 450 g/mol. The van der Waals surface area contributed by atoms with Gasteiger partial charge in [0.15, 0.2) is 0 Å². The van der Waals surface area contributed by atoms with E-state index in [4.69, 9.17) is 11.6 Å². The Labute approximate surface area is 149 Å². The molecule has 1 amide bonds. The van der Waals surface area contributed by atoms with E-state index in [-0.39, 0.29) is 5.91 Å². The number of nitrogens with zero attached hydrogens (tertiary/aromatic N) is 1. The molecule has 0 N–H and O–H groups in total. The minimum absolute atomic E-state index is 0.101. The summed E-state index contributed by atoms with van der Waals surface area (Å²) in [6.45, 7) is 0.633. The number of halogens is 3. The van der Waals surface area contributed by atoms with E-state index >= 15 is 0 Å². The molecule has 1 saturated carbocycles. The van der Waals surface area contributed by atoms with Crippen LogP contribution in [-0.4, -0.2) is 16.8 Å². The molecule has 1 heterocycles. The Kier molecular flexibility index (Phi) is 4.74. The zero-order chi connectivity index (χ0) is 15.0. The fraction of sp³-hybridized carbons (Fsp3) is 0.267. The van der Waals surface area contributed by atoms with E-state index in [0.29, 0.717) is 17.6 Å². The Balaban J connectivity index is 1.81. The van der Waals surface area contributed by atoms with Gasteiger partial charge in [-0.25, -0.2) is 0 Å². The second-order valence-electron chi connectivity index (χ2n) is 5.02. The van der Waals surface area contributed by atoms with E-state index in [9.17, 15) is 4.79 Å². The first-order valence-electron chi connectivity index (χ1n) is 6.55. The quantitative estimate of drug-likeness (QED) is 0.584. The Hall–Kier alpha value is -0.360. The highest BCUT2D eigenvalue weighted by atomic mass is 79.9. The summed E-state index contributed by atoms with van der Waals surface area (Å²) < 4.78 is 1.88. The molecule has 110 valence electrons. The molecule has 1 aromatic heterocycles. The zero-order valence-electron chi connectivity index (χ0n) is 11.0. The van der Waals surface area contributed by atoms with Crippen molar-refractivity contribution in [3.8, 4) is 0 Å². The predicted octanol–water partition coefficient (Wildman–Crippen LogP) is 5.73. The van der Waals surface area contributed by atoms with Crippen LogP contribution in [0, 0.1) is 0 Å². The third-order valence-electron chi connectivity index (χ3n) is 3.37. The van der Waals surface area contributed by atoms with E-state index in [0.717, 1.165) is 31.5 Å². The van der Waals surface area contributed by atoms with Crippen molar-refractivity contribution in [3.05, 3.63) is 54.1 Å². The highest BCUT2D eigenvalue weighted by molar-refractivity contribution is 9.13. The van der Waals surface area contributed by atoms with Gasteiger partial charge in [0.05, 0.1) is 8.66 Å². The molecule has 0 saturated heterocycles. The number of benzene rings is 1. The van der Waals surface area contributed by atoms with Crippen molar-refractivity contribution in [2.24, 2.45) is 0 Å². The number of carbonyl (C=O) groups is 1. The lowest BCUT2D eigenvalue weighted by Gasteiger charge is -2.22. The van der Waals surface area contributed by atoms with Gasteiger partial charge in [0.1, 0.15) is 0 Å². The monoisotopic (exact) mass is 447 g/mol. The normalized spacial score (nSPS) is 14.2. The first kappa shape index (κ1) is 15.5. The maximum Gasteiger partial charge on any atom is 0.264 e. The molecule has 21 heavy (non-hydrogen) atoms. The summed E-state index contributed by atoms with van der Waals surface area (Å²) in [5, 5.41) is 0.717. The molecular weight excluding hydrogens is 437 g/mol. The number of rotatable bonds is 4. The second kappa shape index (κ2) is 6.41. The first-order valence-corrected chi connectivity index (χ1v) is 9.33. The Morgan fingerprint density at radius 3 is 2.48 bits per heavy atom. The number of thiophene rings is 1. The van der Waals surface area contributed by atoms with Gasteiger partial charge in [0, 0.05) is 22.1 Å². The van der Waals surface area contributed by atoms with Gasteiger partial charge in [-0.15, -0.1) is 11.3 Å². The van der Waals surface area contributed by atoms with Gasteiger partial charge in [-0.3, -0.25) is 4.79 Å². The van der Waals surface area contributed by atoms with Crippen molar-refractivity contribution < 1.29 is 4.79 Å². The van der Waals surface area contributed by atoms with Crippen LogP contribution in [0.1, 0.15) is 28.1 Å². The van der Waals surface area contributed by atoms with Crippen molar-refractivity contribution in [1.82, 2.24) is 4.90 Å². The van der Waals surface area contributed by atoms with Crippen LogP contribution in [0.25, 0.3) is 0 Å². The average Bonchev–Trinajstić information content (AvgIpc) is 3.24. The SMILES string of the molecule is O=C(c1cc(Br)c(Br)s1)N(Cc1ccc(Cl)cc1)C1CC1. The molecule has 2 nitrogen and oxygen atoms in total. The molecule has 3 rings (SSSR count). The number of amides is 1. The molecule has 0 atom stereocenters. The fourth-order valence-electron chi connectivity index (χ4n) is 2.13.